The highest BCUT2D eigenvalue weighted by Gasteiger charge is 2.07. The highest BCUT2D eigenvalue weighted by Crippen LogP contribution is 2.29. The molecule has 3 nitrogen and oxygen atoms in total. The molecule has 0 aromatic heterocycles. The molecule has 0 unspecified atom stereocenters. The molecular formula is C14H11BrO3S. The summed E-state index contributed by atoms with van der Waals surface area (Å²) >= 11 is 4.96. The fourth-order valence-electron chi connectivity index (χ4n) is 1.53. The van der Waals surface area contributed by atoms with Crippen LogP contribution in [0.2, 0.25) is 0 Å². The molecule has 2 aromatic rings. The maximum Gasteiger partial charge on any atom is 0.335 e. The van der Waals surface area contributed by atoms with Crippen LogP contribution in [0, 0.1) is 0 Å². The number of carboxylic acid groups (broad SMARTS) is 1. The largest absolute Gasteiger partial charge is 0.508 e. The van der Waals surface area contributed by atoms with Crippen LogP contribution in [-0.4, -0.2) is 16.2 Å². The van der Waals surface area contributed by atoms with Gasteiger partial charge in [0.1, 0.15) is 5.75 Å². The van der Waals surface area contributed by atoms with E-state index in [-0.39, 0.29) is 11.3 Å². The van der Waals surface area contributed by atoms with Crippen molar-refractivity contribution in [2.24, 2.45) is 0 Å². The van der Waals surface area contributed by atoms with Crippen molar-refractivity contribution in [2.75, 3.05) is 0 Å². The Balaban J connectivity index is 2.10. The second kappa shape index (κ2) is 6.12. The van der Waals surface area contributed by atoms with E-state index in [0.717, 1.165) is 14.9 Å². The van der Waals surface area contributed by atoms with Crippen molar-refractivity contribution in [3.63, 3.8) is 0 Å². The number of benzene rings is 2. The van der Waals surface area contributed by atoms with Crippen LogP contribution in [0.15, 0.2) is 51.8 Å². The molecule has 0 saturated carbocycles. The van der Waals surface area contributed by atoms with Crippen LogP contribution in [0.5, 0.6) is 5.75 Å². The molecule has 2 rings (SSSR count). The maximum atomic E-state index is 10.8. The number of rotatable bonds is 4. The zero-order chi connectivity index (χ0) is 13.8. The fourth-order valence-corrected chi connectivity index (χ4v) is 3.19. The minimum Gasteiger partial charge on any atom is -0.508 e. The van der Waals surface area contributed by atoms with E-state index in [1.807, 2.05) is 6.07 Å². The van der Waals surface area contributed by atoms with Gasteiger partial charge in [-0.2, -0.15) is 0 Å². The Kier molecular flexibility index (Phi) is 4.50. The molecular weight excluding hydrogens is 328 g/mol. The van der Waals surface area contributed by atoms with Crippen molar-refractivity contribution in [1.29, 1.82) is 0 Å². The van der Waals surface area contributed by atoms with E-state index in [4.69, 9.17) is 5.11 Å². The molecule has 0 radical (unpaired) electrons. The van der Waals surface area contributed by atoms with Gasteiger partial charge in [0.05, 0.1) is 5.56 Å². The van der Waals surface area contributed by atoms with Crippen LogP contribution >= 0.6 is 27.7 Å². The van der Waals surface area contributed by atoms with E-state index in [2.05, 4.69) is 15.9 Å². The van der Waals surface area contributed by atoms with Gasteiger partial charge in [-0.25, -0.2) is 4.79 Å². The van der Waals surface area contributed by atoms with Crippen molar-refractivity contribution in [3.8, 4) is 5.75 Å². The van der Waals surface area contributed by atoms with Crippen molar-refractivity contribution < 1.29 is 15.0 Å². The normalized spacial score (nSPS) is 10.4. The Morgan fingerprint density at radius 1 is 1.21 bits per heavy atom. The molecule has 0 aliphatic carbocycles. The number of carbonyl (C=O) groups is 1. The fraction of sp³-hybridized carbons (Fsp3) is 0.0714. The van der Waals surface area contributed by atoms with Gasteiger partial charge in [0.2, 0.25) is 0 Å². The number of phenolic OH excluding ortho intramolecular Hbond substituents is 1. The number of halogens is 1. The van der Waals surface area contributed by atoms with E-state index < -0.39 is 5.97 Å². The van der Waals surface area contributed by atoms with Gasteiger partial charge in [-0.15, -0.1) is 11.8 Å². The Hall–Kier alpha value is -1.46. The SMILES string of the molecule is O=C(O)c1ccc(CSc2cccc(O)c2)c(Br)c1. The lowest BCUT2D eigenvalue weighted by Crippen LogP contribution is -1.96. The summed E-state index contributed by atoms with van der Waals surface area (Å²) in [7, 11) is 0. The lowest BCUT2D eigenvalue weighted by atomic mass is 10.1. The minimum absolute atomic E-state index is 0.241. The number of hydrogen-bond donors (Lipinski definition) is 2. The number of phenols is 1. The molecule has 0 heterocycles. The van der Waals surface area contributed by atoms with Crippen molar-refractivity contribution in [1.82, 2.24) is 0 Å². The number of aromatic carboxylic acids is 1. The quantitative estimate of drug-likeness (QED) is 0.822. The molecule has 0 amide bonds. The molecule has 98 valence electrons. The van der Waals surface area contributed by atoms with E-state index in [0.29, 0.717) is 5.75 Å². The first kappa shape index (κ1) is 14.0. The first-order valence-electron chi connectivity index (χ1n) is 5.50. The molecule has 0 saturated heterocycles. The molecule has 0 aliphatic heterocycles. The Labute approximate surface area is 123 Å². The first-order chi connectivity index (χ1) is 9.06. The summed E-state index contributed by atoms with van der Waals surface area (Å²) in [6.07, 6.45) is 0. The highest BCUT2D eigenvalue weighted by atomic mass is 79.9. The lowest BCUT2D eigenvalue weighted by Gasteiger charge is -2.06. The molecule has 19 heavy (non-hydrogen) atoms. The van der Waals surface area contributed by atoms with Crippen LogP contribution in [0.4, 0.5) is 0 Å². The first-order valence-corrected chi connectivity index (χ1v) is 7.27. The topological polar surface area (TPSA) is 57.5 Å². The lowest BCUT2D eigenvalue weighted by molar-refractivity contribution is 0.0697. The van der Waals surface area contributed by atoms with Crippen LogP contribution in [0.3, 0.4) is 0 Å². The molecule has 0 aliphatic rings. The van der Waals surface area contributed by atoms with E-state index >= 15 is 0 Å². The van der Waals surface area contributed by atoms with Crippen molar-refractivity contribution in [2.45, 2.75) is 10.6 Å². The monoisotopic (exact) mass is 338 g/mol. The number of aromatic hydroxyl groups is 1. The summed E-state index contributed by atoms with van der Waals surface area (Å²) in [6.45, 7) is 0. The summed E-state index contributed by atoms with van der Waals surface area (Å²) in [6, 6.07) is 12.0. The highest BCUT2D eigenvalue weighted by molar-refractivity contribution is 9.10. The molecule has 2 aromatic carbocycles. The minimum atomic E-state index is -0.937. The maximum absolute atomic E-state index is 10.8. The van der Waals surface area contributed by atoms with Gasteiger partial charge >= 0.3 is 5.97 Å². The van der Waals surface area contributed by atoms with Gasteiger partial charge < -0.3 is 10.2 Å². The molecule has 0 fully saturated rings. The zero-order valence-corrected chi connectivity index (χ0v) is 12.2. The second-order valence-corrected chi connectivity index (χ2v) is 5.80. The Bertz CT molecular complexity index is 613. The van der Waals surface area contributed by atoms with Crippen LogP contribution in [0.25, 0.3) is 0 Å². The average molecular weight is 339 g/mol. The van der Waals surface area contributed by atoms with E-state index in [1.54, 1.807) is 48.2 Å². The number of hydrogen-bond acceptors (Lipinski definition) is 3. The summed E-state index contributed by atoms with van der Waals surface area (Å²) in [5, 5.41) is 18.3. The predicted octanol–water partition coefficient (Wildman–Crippen LogP) is 4.15. The molecule has 0 bridgehead atoms. The van der Waals surface area contributed by atoms with Gasteiger partial charge in [-0.3, -0.25) is 0 Å². The van der Waals surface area contributed by atoms with Crippen LogP contribution in [0.1, 0.15) is 15.9 Å². The van der Waals surface area contributed by atoms with Crippen molar-refractivity contribution in [3.05, 3.63) is 58.1 Å². The van der Waals surface area contributed by atoms with Gasteiger partial charge in [-0.05, 0) is 35.9 Å². The Morgan fingerprint density at radius 3 is 2.63 bits per heavy atom. The summed E-state index contributed by atoms with van der Waals surface area (Å²) in [5.74, 6) is 0.00222. The third-order valence-corrected chi connectivity index (χ3v) is 4.29. The van der Waals surface area contributed by atoms with E-state index in [1.165, 1.54) is 0 Å². The number of thioether (sulfide) groups is 1. The van der Waals surface area contributed by atoms with Gasteiger partial charge in [0, 0.05) is 15.1 Å². The van der Waals surface area contributed by atoms with E-state index in [9.17, 15) is 9.90 Å². The third kappa shape index (κ3) is 3.75. The van der Waals surface area contributed by atoms with Crippen LogP contribution < -0.4 is 0 Å². The Morgan fingerprint density at radius 2 is 2.00 bits per heavy atom. The molecule has 5 heteroatoms. The molecule has 0 spiro atoms. The van der Waals surface area contributed by atoms with Crippen LogP contribution in [-0.2, 0) is 5.75 Å². The van der Waals surface area contributed by atoms with Gasteiger partial charge in [-0.1, -0.05) is 28.1 Å². The summed E-state index contributed by atoms with van der Waals surface area (Å²) in [4.78, 5) is 11.8. The smallest absolute Gasteiger partial charge is 0.335 e. The second-order valence-electron chi connectivity index (χ2n) is 3.90. The third-order valence-electron chi connectivity index (χ3n) is 2.51. The summed E-state index contributed by atoms with van der Waals surface area (Å²) < 4.78 is 0.778. The van der Waals surface area contributed by atoms with Gasteiger partial charge in [0.25, 0.3) is 0 Å². The van der Waals surface area contributed by atoms with Crippen molar-refractivity contribution >= 4 is 33.7 Å². The zero-order valence-electron chi connectivity index (χ0n) is 9.84. The average Bonchev–Trinajstić information content (AvgIpc) is 2.37. The summed E-state index contributed by atoms with van der Waals surface area (Å²) in [5.41, 5.74) is 1.27. The number of carboxylic acids is 1. The molecule has 0 atom stereocenters. The predicted molar refractivity (Wildman–Crippen MR) is 78.8 cm³/mol. The standard InChI is InChI=1S/C14H11BrO3S/c15-13-6-9(14(17)18)4-5-10(13)8-19-12-3-1-2-11(16)7-12/h1-7,16H,8H2,(H,17,18). The molecule has 2 N–H and O–H groups in total. The van der Waals surface area contributed by atoms with Gasteiger partial charge in [0.15, 0.2) is 0 Å².